The van der Waals surface area contributed by atoms with Crippen LogP contribution in [-0.2, 0) is 9.59 Å². The minimum atomic E-state index is -0.709. The van der Waals surface area contributed by atoms with Gasteiger partial charge in [-0.25, -0.2) is 0 Å². The van der Waals surface area contributed by atoms with Gasteiger partial charge in [0.2, 0.25) is 5.91 Å². The van der Waals surface area contributed by atoms with Crippen molar-refractivity contribution in [1.82, 2.24) is 5.32 Å². The average molecular weight is 557 g/mol. The van der Waals surface area contributed by atoms with Crippen molar-refractivity contribution in [2.24, 2.45) is 0 Å². The smallest absolute Gasteiger partial charge is 0.254 e. The van der Waals surface area contributed by atoms with Crippen molar-refractivity contribution in [3.63, 3.8) is 0 Å². The Morgan fingerprint density at radius 2 is 1.64 bits per heavy atom. The summed E-state index contributed by atoms with van der Waals surface area (Å²) in [5.41, 5.74) is 6.40. The molecule has 0 fully saturated rings. The number of amides is 2. The van der Waals surface area contributed by atoms with Gasteiger partial charge in [-0.3, -0.25) is 9.59 Å². The number of allylic oxidation sites excluding steroid dienone is 2. The molecule has 2 amide bonds. The van der Waals surface area contributed by atoms with Gasteiger partial charge in [0.25, 0.3) is 5.91 Å². The normalized spacial score (nSPS) is 14.9. The zero-order valence-electron chi connectivity index (χ0n) is 22.2. The molecule has 1 heterocycles. The molecule has 0 bridgehead atoms. The number of dihydropyridines is 1. The predicted octanol–water partition coefficient (Wildman–Crippen LogP) is 6.97. The first-order valence-electron chi connectivity index (χ1n) is 12.4. The summed E-state index contributed by atoms with van der Waals surface area (Å²) in [6.07, 6.45) is 0. The molecule has 3 N–H and O–H groups in total. The van der Waals surface area contributed by atoms with E-state index in [-0.39, 0.29) is 17.6 Å². The van der Waals surface area contributed by atoms with E-state index in [2.05, 4.69) is 22.0 Å². The van der Waals surface area contributed by atoms with Crippen LogP contribution in [-0.4, -0.2) is 17.6 Å². The summed E-state index contributed by atoms with van der Waals surface area (Å²) in [6, 6.07) is 22.9. The summed E-state index contributed by atoms with van der Waals surface area (Å²) in [4.78, 5) is 26.5. The Morgan fingerprint density at radius 3 is 2.31 bits per heavy atom. The SMILES string of the molecule is CC1=C(C(=O)Nc2ccccc2C)[C@@H](c2ccccc2Cl)C(C#N)=C(SCC(=O)Nc2cc(C)cc(C)c2)N1. The minimum absolute atomic E-state index is 0.0771. The van der Waals surface area contributed by atoms with Crippen molar-refractivity contribution < 1.29 is 9.59 Å². The summed E-state index contributed by atoms with van der Waals surface area (Å²) >= 11 is 7.82. The van der Waals surface area contributed by atoms with Gasteiger partial charge in [-0.2, -0.15) is 5.26 Å². The molecular weight excluding hydrogens is 528 g/mol. The van der Waals surface area contributed by atoms with Crippen LogP contribution in [0.15, 0.2) is 88.6 Å². The minimum Gasteiger partial charge on any atom is -0.353 e. The number of nitriles is 1. The fourth-order valence-corrected chi connectivity index (χ4v) is 5.77. The molecule has 0 saturated carbocycles. The second-order valence-electron chi connectivity index (χ2n) is 9.46. The third kappa shape index (κ3) is 6.54. The van der Waals surface area contributed by atoms with Gasteiger partial charge in [0.1, 0.15) is 0 Å². The zero-order valence-corrected chi connectivity index (χ0v) is 23.8. The standard InChI is InChI=1S/C31H29ClN4O2S/c1-18-13-19(2)15-22(14-18)35-27(37)17-39-31-24(16-33)29(23-10-6-7-11-25(23)32)28(21(4)34-31)30(38)36-26-12-8-5-9-20(26)3/h5-15,29,34H,17H2,1-4H3,(H,35,37)(H,36,38)/t29-/m0/s1. The molecule has 39 heavy (non-hydrogen) atoms. The highest BCUT2D eigenvalue weighted by molar-refractivity contribution is 8.03. The number of aryl methyl sites for hydroxylation is 3. The average Bonchev–Trinajstić information content (AvgIpc) is 2.88. The maximum atomic E-state index is 13.7. The lowest BCUT2D eigenvalue weighted by Crippen LogP contribution is -2.31. The first kappa shape index (κ1) is 28.0. The molecule has 4 rings (SSSR count). The molecule has 0 aromatic heterocycles. The van der Waals surface area contributed by atoms with Crippen molar-refractivity contribution in [3.8, 4) is 6.07 Å². The van der Waals surface area contributed by atoms with E-state index in [9.17, 15) is 14.9 Å². The van der Waals surface area contributed by atoms with Crippen LogP contribution >= 0.6 is 23.4 Å². The molecule has 0 aliphatic carbocycles. The Kier molecular flexibility index (Phi) is 8.80. The summed E-state index contributed by atoms with van der Waals surface area (Å²) < 4.78 is 0. The quantitative estimate of drug-likeness (QED) is 0.292. The van der Waals surface area contributed by atoms with Crippen LogP contribution in [0.3, 0.4) is 0 Å². The van der Waals surface area contributed by atoms with E-state index in [0.717, 1.165) is 22.4 Å². The number of thioether (sulfide) groups is 1. The number of hydrogen-bond acceptors (Lipinski definition) is 5. The number of carbonyl (C=O) groups is 2. The molecule has 1 atom stereocenters. The van der Waals surface area contributed by atoms with Gasteiger partial charge in [-0.15, -0.1) is 0 Å². The van der Waals surface area contributed by atoms with E-state index in [1.807, 2.05) is 75.4 Å². The largest absolute Gasteiger partial charge is 0.353 e. The lowest BCUT2D eigenvalue weighted by atomic mass is 9.82. The number of rotatable bonds is 7. The second-order valence-corrected chi connectivity index (χ2v) is 10.8. The summed E-state index contributed by atoms with van der Waals surface area (Å²) in [6.45, 7) is 7.66. The molecule has 3 aromatic rings. The molecule has 1 aliphatic heterocycles. The molecule has 0 spiro atoms. The van der Waals surface area contributed by atoms with Crippen LogP contribution < -0.4 is 16.0 Å². The van der Waals surface area contributed by atoms with Crippen LogP contribution in [0.2, 0.25) is 5.02 Å². The lowest BCUT2D eigenvalue weighted by Gasteiger charge is -2.30. The molecular formula is C31H29ClN4O2S. The van der Waals surface area contributed by atoms with E-state index >= 15 is 0 Å². The molecule has 0 unspecified atom stereocenters. The number of anilines is 2. The van der Waals surface area contributed by atoms with Crippen LogP contribution in [0, 0.1) is 32.1 Å². The molecule has 0 saturated heterocycles. The fraction of sp³-hybridized carbons (Fsp3) is 0.194. The molecule has 8 heteroatoms. The molecule has 1 aliphatic rings. The van der Waals surface area contributed by atoms with E-state index in [1.54, 1.807) is 19.1 Å². The molecule has 3 aromatic carbocycles. The van der Waals surface area contributed by atoms with Crippen molar-refractivity contribution in [2.75, 3.05) is 16.4 Å². The van der Waals surface area contributed by atoms with Crippen LogP contribution in [0.5, 0.6) is 0 Å². The lowest BCUT2D eigenvalue weighted by molar-refractivity contribution is -0.114. The highest BCUT2D eigenvalue weighted by Crippen LogP contribution is 2.43. The third-order valence-electron chi connectivity index (χ3n) is 6.35. The number of nitrogens with zero attached hydrogens (tertiary/aromatic N) is 1. The Morgan fingerprint density at radius 1 is 0.974 bits per heavy atom. The van der Waals surface area contributed by atoms with Gasteiger partial charge < -0.3 is 16.0 Å². The summed E-state index contributed by atoms with van der Waals surface area (Å²) in [7, 11) is 0. The van der Waals surface area contributed by atoms with Gasteiger partial charge in [0.05, 0.1) is 28.3 Å². The monoisotopic (exact) mass is 556 g/mol. The Hall–Kier alpha value is -3.99. The van der Waals surface area contributed by atoms with Crippen LogP contribution in [0.4, 0.5) is 11.4 Å². The first-order chi connectivity index (χ1) is 18.7. The maximum Gasteiger partial charge on any atom is 0.254 e. The number of halogens is 1. The topological polar surface area (TPSA) is 94.0 Å². The summed E-state index contributed by atoms with van der Waals surface area (Å²) in [5, 5.41) is 20.4. The van der Waals surface area contributed by atoms with Crippen LogP contribution in [0.1, 0.15) is 35.1 Å². The number of benzene rings is 3. The van der Waals surface area contributed by atoms with E-state index in [1.165, 1.54) is 11.8 Å². The van der Waals surface area contributed by atoms with E-state index in [0.29, 0.717) is 38.1 Å². The zero-order chi connectivity index (χ0) is 28.1. The summed E-state index contributed by atoms with van der Waals surface area (Å²) in [5.74, 6) is -1.16. The van der Waals surface area contributed by atoms with Gasteiger partial charge in [0, 0.05) is 27.7 Å². The van der Waals surface area contributed by atoms with E-state index in [4.69, 9.17) is 11.6 Å². The highest BCUT2D eigenvalue weighted by atomic mass is 35.5. The van der Waals surface area contributed by atoms with Gasteiger partial charge in [-0.05, 0) is 74.2 Å². The Bertz CT molecular complexity index is 1530. The highest BCUT2D eigenvalue weighted by Gasteiger charge is 2.36. The van der Waals surface area contributed by atoms with Gasteiger partial charge in [-0.1, -0.05) is 65.8 Å². The Balaban J connectivity index is 1.65. The first-order valence-corrected chi connectivity index (χ1v) is 13.8. The van der Waals surface area contributed by atoms with Crippen molar-refractivity contribution in [1.29, 1.82) is 5.26 Å². The fourth-order valence-electron chi connectivity index (χ4n) is 4.63. The third-order valence-corrected chi connectivity index (χ3v) is 7.72. The van der Waals surface area contributed by atoms with Crippen LogP contribution in [0.25, 0.3) is 0 Å². The maximum absolute atomic E-state index is 13.7. The van der Waals surface area contributed by atoms with Crippen molar-refractivity contribution in [3.05, 3.63) is 116 Å². The predicted molar refractivity (Wildman–Crippen MR) is 159 cm³/mol. The molecule has 0 radical (unpaired) electrons. The molecule has 6 nitrogen and oxygen atoms in total. The van der Waals surface area contributed by atoms with Crippen molar-refractivity contribution >= 4 is 46.6 Å². The van der Waals surface area contributed by atoms with Crippen molar-refractivity contribution in [2.45, 2.75) is 33.6 Å². The second kappa shape index (κ2) is 12.2. The number of hydrogen-bond donors (Lipinski definition) is 3. The van der Waals surface area contributed by atoms with E-state index < -0.39 is 5.92 Å². The van der Waals surface area contributed by atoms with Gasteiger partial charge in [0.15, 0.2) is 0 Å². The number of para-hydroxylation sites is 1. The molecule has 198 valence electrons. The number of nitrogens with one attached hydrogen (secondary N) is 3. The Labute approximate surface area is 238 Å². The van der Waals surface area contributed by atoms with Gasteiger partial charge >= 0.3 is 0 Å². The number of carbonyl (C=O) groups excluding carboxylic acids is 2.